The molecule has 8 nitrogen and oxygen atoms in total. The maximum absolute atomic E-state index is 12.5. The minimum absolute atomic E-state index is 0.0828. The first-order valence-corrected chi connectivity index (χ1v) is 10.9. The molecule has 1 saturated carbocycles. The van der Waals surface area contributed by atoms with E-state index in [0.29, 0.717) is 29.8 Å². The highest BCUT2D eigenvalue weighted by atomic mass is 16.2. The number of carbonyl (C=O) groups is 1. The number of aromatic nitrogens is 4. The Morgan fingerprint density at radius 2 is 1.93 bits per heavy atom. The van der Waals surface area contributed by atoms with Crippen molar-refractivity contribution in [2.24, 2.45) is 5.92 Å². The molecule has 2 heterocycles. The summed E-state index contributed by atoms with van der Waals surface area (Å²) in [7, 11) is 0. The van der Waals surface area contributed by atoms with E-state index in [0.717, 1.165) is 44.5 Å². The van der Waals surface area contributed by atoms with E-state index in [2.05, 4.69) is 53.1 Å². The van der Waals surface area contributed by atoms with Gasteiger partial charge in [0.25, 0.3) is 5.56 Å². The van der Waals surface area contributed by atoms with Gasteiger partial charge in [-0.3, -0.25) is 19.6 Å². The van der Waals surface area contributed by atoms with Crippen molar-refractivity contribution in [3.05, 3.63) is 21.9 Å². The summed E-state index contributed by atoms with van der Waals surface area (Å²) in [6.07, 6.45) is 4.92. The topological polar surface area (TPSA) is 107 Å². The van der Waals surface area contributed by atoms with Crippen LogP contribution >= 0.6 is 0 Å². The molecule has 1 aliphatic rings. The number of carbonyl (C=O) groups excluding carboxylic acids is 1. The number of nitrogens with zero attached hydrogens (tertiary/aromatic N) is 3. The summed E-state index contributed by atoms with van der Waals surface area (Å²) in [5.41, 5.74) is 1.72. The number of aromatic amines is 2. The SMILES string of the molecule is CCN(CC)CC(=O)NC1CCCCC1Cc1nc2c(C(C)C)[nH]nc2c(=O)[nH]1. The van der Waals surface area contributed by atoms with Crippen LogP contribution in [0.4, 0.5) is 0 Å². The van der Waals surface area contributed by atoms with Crippen molar-refractivity contribution in [2.75, 3.05) is 19.6 Å². The van der Waals surface area contributed by atoms with Crippen LogP contribution in [0.1, 0.15) is 70.8 Å². The molecule has 29 heavy (non-hydrogen) atoms. The largest absolute Gasteiger partial charge is 0.352 e. The Bertz CT molecular complexity index is 883. The van der Waals surface area contributed by atoms with Crippen LogP contribution in [0.15, 0.2) is 4.79 Å². The zero-order valence-corrected chi connectivity index (χ0v) is 18.0. The van der Waals surface area contributed by atoms with Crippen LogP contribution in [0, 0.1) is 5.92 Å². The zero-order valence-electron chi connectivity index (χ0n) is 18.0. The number of nitrogens with one attached hydrogen (secondary N) is 3. The van der Waals surface area contributed by atoms with Gasteiger partial charge >= 0.3 is 0 Å². The summed E-state index contributed by atoms with van der Waals surface area (Å²) in [6, 6.07) is 0.127. The number of hydrogen-bond acceptors (Lipinski definition) is 5. The van der Waals surface area contributed by atoms with Gasteiger partial charge in [-0.25, -0.2) is 4.98 Å². The molecule has 0 bridgehead atoms. The zero-order chi connectivity index (χ0) is 21.0. The first kappa shape index (κ1) is 21.5. The third-order valence-corrected chi connectivity index (χ3v) is 6.04. The summed E-state index contributed by atoms with van der Waals surface area (Å²) in [4.78, 5) is 34.7. The Morgan fingerprint density at radius 3 is 2.62 bits per heavy atom. The van der Waals surface area contributed by atoms with Gasteiger partial charge in [-0.2, -0.15) is 5.10 Å². The number of rotatable bonds is 8. The van der Waals surface area contributed by atoms with E-state index in [1.54, 1.807) is 0 Å². The molecule has 0 aromatic carbocycles. The van der Waals surface area contributed by atoms with Gasteiger partial charge in [-0.15, -0.1) is 0 Å². The molecule has 1 fully saturated rings. The average Bonchev–Trinajstić information content (AvgIpc) is 3.12. The summed E-state index contributed by atoms with van der Waals surface area (Å²) in [5.74, 6) is 1.25. The summed E-state index contributed by atoms with van der Waals surface area (Å²) >= 11 is 0. The minimum atomic E-state index is -0.203. The highest BCUT2D eigenvalue weighted by Gasteiger charge is 2.28. The lowest BCUT2D eigenvalue weighted by Gasteiger charge is -2.32. The molecule has 1 aliphatic carbocycles. The predicted octanol–water partition coefficient (Wildman–Crippen LogP) is 2.33. The Kier molecular flexibility index (Phi) is 7.05. The summed E-state index contributed by atoms with van der Waals surface area (Å²) in [5, 5.41) is 10.3. The second-order valence-corrected chi connectivity index (χ2v) is 8.39. The van der Waals surface area contributed by atoms with E-state index in [-0.39, 0.29) is 29.3 Å². The van der Waals surface area contributed by atoms with Crippen LogP contribution in [0.2, 0.25) is 0 Å². The first-order chi connectivity index (χ1) is 13.9. The third kappa shape index (κ3) is 5.04. The average molecular weight is 403 g/mol. The first-order valence-electron chi connectivity index (χ1n) is 10.9. The van der Waals surface area contributed by atoms with Gasteiger partial charge in [0.2, 0.25) is 5.91 Å². The Morgan fingerprint density at radius 1 is 1.21 bits per heavy atom. The van der Waals surface area contributed by atoms with Crippen LogP contribution < -0.4 is 10.9 Å². The lowest BCUT2D eigenvalue weighted by atomic mass is 9.82. The van der Waals surface area contributed by atoms with E-state index in [1.807, 2.05) is 0 Å². The Hall–Kier alpha value is -2.22. The molecule has 2 aromatic rings. The predicted molar refractivity (Wildman–Crippen MR) is 114 cm³/mol. The molecule has 8 heteroatoms. The molecule has 3 N–H and O–H groups in total. The van der Waals surface area contributed by atoms with E-state index in [4.69, 9.17) is 4.98 Å². The van der Waals surface area contributed by atoms with Crippen molar-refractivity contribution in [3.63, 3.8) is 0 Å². The second kappa shape index (κ2) is 9.52. The van der Waals surface area contributed by atoms with Gasteiger partial charge in [0.1, 0.15) is 11.3 Å². The smallest absolute Gasteiger partial charge is 0.279 e. The van der Waals surface area contributed by atoms with Crippen molar-refractivity contribution in [1.29, 1.82) is 0 Å². The fraction of sp³-hybridized carbons (Fsp3) is 0.714. The number of amides is 1. The second-order valence-electron chi connectivity index (χ2n) is 8.39. The van der Waals surface area contributed by atoms with E-state index < -0.39 is 0 Å². The van der Waals surface area contributed by atoms with Gasteiger partial charge in [0.15, 0.2) is 5.52 Å². The Balaban J connectivity index is 1.75. The van der Waals surface area contributed by atoms with Crippen LogP contribution in [0.5, 0.6) is 0 Å². The standard InChI is InChI=1S/C21H34N6O2/c1-5-27(6-2)12-17(28)22-15-10-8-7-9-14(15)11-16-23-19-18(13(3)4)25-26-20(19)21(29)24-16/h13-15H,5-12H2,1-4H3,(H,22,28)(H,25,26)(H,23,24,29). The quantitative estimate of drug-likeness (QED) is 0.628. The van der Waals surface area contributed by atoms with E-state index in [9.17, 15) is 9.59 Å². The number of hydrogen-bond donors (Lipinski definition) is 3. The third-order valence-electron chi connectivity index (χ3n) is 6.04. The van der Waals surface area contributed by atoms with Crippen LogP contribution in [0.3, 0.4) is 0 Å². The fourth-order valence-corrected chi connectivity index (χ4v) is 4.27. The molecule has 0 spiro atoms. The molecule has 0 aliphatic heterocycles. The molecule has 0 radical (unpaired) electrons. The van der Waals surface area contributed by atoms with Gasteiger partial charge in [0, 0.05) is 12.5 Å². The van der Waals surface area contributed by atoms with Crippen molar-refractivity contribution in [2.45, 2.75) is 71.8 Å². The van der Waals surface area contributed by atoms with Crippen molar-refractivity contribution >= 4 is 16.9 Å². The molecule has 160 valence electrons. The maximum atomic E-state index is 12.5. The number of likely N-dealkylation sites (N-methyl/N-ethyl adjacent to an activating group) is 1. The highest BCUT2D eigenvalue weighted by molar-refractivity contribution is 5.78. The fourth-order valence-electron chi connectivity index (χ4n) is 4.27. The summed E-state index contributed by atoms with van der Waals surface area (Å²) < 4.78 is 0. The van der Waals surface area contributed by atoms with Crippen LogP contribution in [0.25, 0.3) is 11.0 Å². The van der Waals surface area contributed by atoms with Crippen LogP contribution in [-0.2, 0) is 11.2 Å². The molecule has 1 amide bonds. The Labute approximate surface area is 171 Å². The van der Waals surface area contributed by atoms with Gasteiger partial charge < -0.3 is 10.3 Å². The minimum Gasteiger partial charge on any atom is -0.352 e. The summed E-state index contributed by atoms with van der Waals surface area (Å²) in [6.45, 7) is 10.4. The van der Waals surface area contributed by atoms with Crippen molar-refractivity contribution in [1.82, 2.24) is 30.4 Å². The molecule has 2 unspecified atom stereocenters. The van der Waals surface area contributed by atoms with E-state index in [1.165, 1.54) is 0 Å². The van der Waals surface area contributed by atoms with Gasteiger partial charge in [-0.1, -0.05) is 40.5 Å². The highest BCUT2D eigenvalue weighted by Crippen LogP contribution is 2.27. The number of H-pyrrole nitrogens is 2. The lowest BCUT2D eigenvalue weighted by Crippen LogP contribution is -2.47. The van der Waals surface area contributed by atoms with E-state index >= 15 is 0 Å². The van der Waals surface area contributed by atoms with Crippen molar-refractivity contribution < 1.29 is 4.79 Å². The van der Waals surface area contributed by atoms with Gasteiger partial charge in [0.05, 0.1) is 12.2 Å². The van der Waals surface area contributed by atoms with Gasteiger partial charge in [-0.05, 0) is 37.8 Å². The lowest BCUT2D eigenvalue weighted by molar-refractivity contribution is -0.123. The maximum Gasteiger partial charge on any atom is 0.279 e. The van der Waals surface area contributed by atoms with Crippen LogP contribution in [-0.4, -0.2) is 56.6 Å². The molecular weight excluding hydrogens is 368 g/mol. The molecule has 3 rings (SSSR count). The number of fused-ring (bicyclic) bond motifs is 1. The molecule has 2 aromatic heterocycles. The molecular formula is C21H34N6O2. The normalized spacial score (nSPS) is 19.9. The molecule has 0 saturated heterocycles. The van der Waals surface area contributed by atoms with Crippen molar-refractivity contribution in [3.8, 4) is 0 Å². The molecule has 2 atom stereocenters. The monoisotopic (exact) mass is 402 g/mol.